The molecule has 1 aliphatic heterocycles. The van der Waals surface area contributed by atoms with Gasteiger partial charge in [-0.2, -0.15) is 4.98 Å². The number of nitrogen functional groups attached to an aromatic ring is 1. The van der Waals surface area contributed by atoms with Crippen molar-refractivity contribution in [1.82, 2.24) is 9.55 Å². The lowest BCUT2D eigenvalue weighted by Crippen LogP contribution is -2.09. The van der Waals surface area contributed by atoms with Gasteiger partial charge in [0.05, 0.1) is 6.54 Å². The highest BCUT2D eigenvalue weighted by Gasteiger charge is 2.24. The number of ether oxygens (including phenoxy) is 1. The standard InChI is InChI=1S/C6H8BrN3O/c1-3-2-10-5(8)4(7)9-6(10)11-3/h3H,2,8H2,1H3. The number of fused-ring (bicyclic) bond motifs is 1. The van der Waals surface area contributed by atoms with Gasteiger partial charge in [0.25, 0.3) is 6.01 Å². The molecule has 11 heavy (non-hydrogen) atoms. The van der Waals surface area contributed by atoms with E-state index in [0.29, 0.717) is 16.4 Å². The zero-order valence-electron chi connectivity index (χ0n) is 6.04. The van der Waals surface area contributed by atoms with Crippen molar-refractivity contribution in [2.24, 2.45) is 0 Å². The van der Waals surface area contributed by atoms with Gasteiger partial charge in [-0.3, -0.25) is 4.57 Å². The van der Waals surface area contributed by atoms with E-state index in [1.807, 2.05) is 11.5 Å². The molecule has 60 valence electrons. The van der Waals surface area contributed by atoms with Crippen molar-refractivity contribution in [1.29, 1.82) is 0 Å². The molecule has 2 N–H and O–H groups in total. The van der Waals surface area contributed by atoms with Crippen LogP contribution in [-0.4, -0.2) is 15.7 Å². The summed E-state index contributed by atoms with van der Waals surface area (Å²) in [5.41, 5.74) is 5.69. The molecule has 1 aliphatic rings. The fourth-order valence-electron chi connectivity index (χ4n) is 1.16. The van der Waals surface area contributed by atoms with Crippen molar-refractivity contribution >= 4 is 21.7 Å². The van der Waals surface area contributed by atoms with Crippen LogP contribution in [0.4, 0.5) is 5.82 Å². The van der Waals surface area contributed by atoms with Crippen LogP contribution in [-0.2, 0) is 6.54 Å². The van der Waals surface area contributed by atoms with Crippen LogP contribution in [0, 0.1) is 0 Å². The molecular weight excluding hydrogens is 210 g/mol. The molecule has 0 spiro atoms. The zero-order chi connectivity index (χ0) is 8.01. The van der Waals surface area contributed by atoms with Crippen LogP contribution in [0.25, 0.3) is 0 Å². The van der Waals surface area contributed by atoms with Gasteiger partial charge in [-0.15, -0.1) is 0 Å². The molecule has 2 heterocycles. The van der Waals surface area contributed by atoms with Gasteiger partial charge in [0, 0.05) is 0 Å². The Bertz CT molecular complexity index is 296. The summed E-state index contributed by atoms with van der Waals surface area (Å²) in [6.45, 7) is 2.78. The number of halogens is 1. The molecule has 0 saturated carbocycles. The topological polar surface area (TPSA) is 53.1 Å². The van der Waals surface area contributed by atoms with Crippen LogP contribution in [0.2, 0.25) is 0 Å². The van der Waals surface area contributed by atoms with E-state index in [4.69, 9.17) is 10.5 Å². The first kappa shape index (κ1) is 6.97. The van der Waals surface area contributed by atoms with Crippen LogP contribution in [0.1, 0.15) is 6.92 Å². The van der Waals surface area contributed by atoms with Crippen molar-refractivity contribution in [3.05, 3.63) is 4.60 Å². The monoisotopic (exact) mass is 217 g/mol. The van der Waals surface area contributed by atoms with E-state index in [0.717, 1.165) is 6.54 Å². The Morgan fingerprint density at radius 1 is 1.82 bits per heavy atom. The molecule has 5 heteroatoms. The molecule has 0 fully saturated rings. The normalized spacial score (nSPS) is 21.5. The highest BCUT2D eigenvalue weighted by Crippen LogP contribution is 2.29. The van der Waals surface area contributed by atoms with E-state index in [2.05, 4.69) is 20.9 Å². The SMILES string of the molecule is CC1Cn2c(nc(Br)c2N)O1. The van der Waals surface area contributed by atoms with Crippen molar-refractivity contribution in [2.45, 2.75) is 19.6 Å². The predicted molar refractivity (Wildman–Crippen MR) is 44.4 cm³/mol. The van der Waals surface area contributed by atoms with Gasteiger partial charge < -0.3 is 10.5 Å². The van der Waals surface area contributed by atoms with Gasteiger partial charge in [0.15, 0.2) is 4.60 Å². The quantitative estimate of drug-likeness (QED) is 0.706. The molecule has 2 rings (SSSR count). The first-order valence-electron chi connectivity index (χ1n) is 3.36. The minimum Gasteiger partial charge on any atom is -0.460 e. The molecule has 0 aliphatic carbocycles. The Morgan fingerprint density at radius 2 is 2.55 bits per heavy atom. The first-order valence-corrected chi connectivity index (χ1v) is 4.16. The van der Waals surface area contributed by atoms with Crippen molar-refractivity contribution in [2.75, 3.05) is 5.73 Å². The summed E-state index contributed by atoms with van der Waals surface area (Å²) >= 11 is 3.22. The number of rotatable bonds is 0. The molecule has 0 radical (unpaired) electrons. The van der Waals surface area contributed by atoms with E-state index in [1.165, 1.54) is 0 Å². The second kappa shape index (κ2) is 2.14. The minimum atomic E-state index is 0.188. The summed E-state index contributed by atoms with van der Waals surface area (Å²) in [4.78, 5) is 4.07. The number of hydrogen-bond acceptors (Lipinski definition) is 3. The molecule has 4 nitrogen and oxygen atoms in total. The van der Waals surface area contributed by atoms with E-state index in [-0.39, 0.29) is 6.10 Å². The fraction of sp³-hybridized carbons (Fsp3) is 0.500. The molecule has 1 unspecified atom stereocenters. The first-order chi connectivity index (χ1) is 5.18. The average molecular weight is 218 g/mol. The number of anilines is 1. The summed E-state index contributed by atoms with van der Waals surface area (Å²) in [5.74, 6) is 0.643. The Kier molecular flexibility index (Phi) is 1.35. The number of nitrogens with zero attached hydrogens (tertiary/aromatic N) is 2. The minimum absolute atomic E-state index is 0.188. The lowest BCUT2D eigenvalue weighted by atomic mass is 10.4. The second-order valence-corrected chi connectivity index (χ2v) is 3.36. The number of nitrogens with two attached hydrogens (primary N) is 1. The van der Waals surface area contributed by atoms with Crippen LogP contribution in [0.5, 0.6) is 6.01 Å². The molecule has 0 bridgehead atoms. The maximum Gasteiger partial charge on any atom is 0.299 e. The third kappa shape index (κ3) is 0.910. The summed E-state index contributed by atoms with van der Waals surface area (Å²) in [5, 5.41) is 0. The zero-order valence-corrected chi connectivity index (χ0v) is 7.63. The van der Waals surface area contributed by atoms with Gasteiger partial charge in [-0.05, 0) is 22.9 Å². The molecule has 1 aromatic rings. The van der Waals surface area contributed by atoms with E-state index in [9.17, 15) is 0 Å². The predicted octanol–water partition coefficient (Wildman–Crippen LogP) is 1.01. The van der Waals surface area contributed by atoms with E-state index in [1.54, 1.807) is 0 Å². The van der Waals surface area contributed by atoms with Gasteiger partial charge in [0.2, 0.25) is 0 Å². The van der Waals surface area contributed by atoms with Crippen molar-refractivity contribution < 1.29 is 4.74 Å². The lowest BCUT2D eigenvalue weighted by molar-refractivity contribution is 0.245. The van der Waals surface area contributed by atoms with E-state index >= 15 is 0 Å². The summed E-state index contributed by atoms with van der Waals surface area (Å²) < 4.78 is 7.87. The maximum absolute atomic E-state index is 5.69. The Morgan fingerprint density at radius 3 is 3.18 bits per heavy atom. The molecular formula is C6H8BrN3O. The second-order valence-electron chi connectivity index (χ2n) is 2.61. The third-order valence-corrected chi connectivity index (χ3v) is 2.26. The van der Waals surface area contributed by atoms with Gasteiger partial charge in [-0.1, -0.05) is 0 Å². The van der Waals surface area contributed by atoms with Crippen molar-refractivity contribution in [3.8, 4) is 6.01 Å². The fourth-order valence-corrected chi connectivity index (χ4v) is 1.52. The number of imidazole rings is 1. The van der Waals surface area contributed by atoms with Gasteiger partial charge >= 0.3 is 0 Å². The number of hydrogen-bond donors (Lipinski definition) is 1. The smallest absolute Gasteiger partial charge is 0.299 e. The highest BCUT2D eigenvalue weighted by molar-refractivity contribution is 9.10. The summed E-state index contributed by atoms with van der Waals surface area (Å²) in [7, 11) is 0. The molecule has 0 aromatic carbocycles. The lowest BCUT2D eigenvalue weighted by Gasteiger charge is -1.99. The van der Waals surface area contributed by atoms with Crippen LogP contribution < -0.4 is 10.5 Å². The van der Waals surface area contributed by atoms with Crippen LogP contribution >= 0.6 is 15.9 Å². The largest absolute Gasteiger partial charge is 0.460 e. The highest BCUT2D eigenvalue weighted by atomic mass is 79.9. The maximum atomic E-state index is 5.69. The van der Waals surface area contributed by atoms with E-state index < -0.39 is 0 Å². The summed E-state index contributed by atoms with van der Waals surface area (Å²) in [6.07, 6.45) is 0.188. The van der Waals surface area contributed by atoms with Crippen LogP contribution in [0.15, 0.2) is 4.60 Å². The van der Waals surface area contributed by atoms with Gasteiger partial charge in [0.1, 0.15) is 11.9 Å². The molecule has 1 atom stereocenters. The third-order valence-electron chi connectivity index (χ3n) is 1.67. The van der Waals surface area contributed by atoms with Gasteiger partial charge in [-0.25, -0.2) is 0 Å². The Hall–Kier alpha value is -0.710. The molecule has 1 aromatic heterocycles. The Labute approximate surface area is 72.5 Å². The molecule has 0 amide bonds. The average Bonchev–Trinajstić information content (AvgIpc) is 2.37. The van der Waals surface area contributed by atoms with Crippen LogP contribution in [0.3, 0.4) is 0 Å². The summed E-state index contributed by atoms with van der Waals surface area (Å²) in [6, 6.07) is 0.613. The molecule has 0 saturated heterocycles. The number of aromatic nitrogens is 2. The van der Waals surface area contributed by atoms with Crippen molar-refractivity contribution in [3.63, 3.8) is 0 Å². The Balaban J connectivity index is 2.48.